The van der Waals surface area contributed by atoms with Crippen LogP contribution in [-0.4, -0.2) is 27.5 Å². The van der Waals surface area contributed by atoms with E-state index < -0.39 is 26.6 Å². The predicted octanol–water partition coefficient (Wildman–Crippen LogP) is 2.44. The SMILES string of the molecule is CC1(C)CCCNC1CNS(=O)(=O)c1c(F)cccc1F.Cl. The van der Waals surface area contributed by atoms with Gasteiger partial charge in [-0.25, -0.2) is 21.9 Å². The minimum Gasteiger partial charge on any atom is -0.312 e. The molecule has 4 nitrogen and oxygen atoms in total. The van der Waals surface area contributed by atoms with Crippen molar-refractivity contribution < 1.29 is 17.2 Å². The van der Waals surface area contributed by atoms with Gasteiger partial charge in [-0.05, 0) is 36.9 Å². The lowest BCUT2D eigenvalue weighted by molar-refractivity contribution is 0.181. The van der Waals surface area contributed by atoms with Crippen molar-refractivity contribution in [3.05, 3.63) is 29.8 Å². The van der Waals surface area contributed by atoms with Crippen LogP contribution in [0.3, 0.4) is 0 Å². The van der Waals surface area contributed by atoms with Crippen LogP contribution in [0.2, 0.25) is 0 Å². The molecule has 1 aliphatic heterocycles. The summed E-state index contributed by atoms with van der Waals surface area (Å²) in [4.78, 5) is -0.918. The minimum absolute atomic E-state index is 0. The number of nitrogens with one attached hydrogen (secondary N) is 2. The second kappa shape index (κ2) is 7.21. The topological polar surface area (TPSA) is 58.2 Å². The van der Waals surface area contributed by atoms with Gasteiger partial charge in [0.1, 0.15) is 11.6 Å². The molecular formula is C14H21ClF2N2O2S. The van der Waals surface area contributed by atoms with Crippen molar-refractivity contribution in [3.8, 4) is 0 Å². The zero-order chi connectivity index (χ0) is 15.7. The standard InChI is InChI=1S/C14H20F2N2O2S.ClH/c1-14(2)7-4-8-17-12(14)9-18-21(19,20)13-10(15)5-3-6-11(13)16;/h3,5-6,12,17-18H,4,7-9H2,1-2H3;1H. The Bertz CT molecular complexity index is 603. The summed E-state index contributed by atoms with van der Waals surface area (Å²) in [6.07, 6.45) is 2.00. The number of piperidine rings is 1. The van der Waals surface area contributed by atoms with Crippen LogP contribution < -0.4 is 10.0 Å². The highest BCUT2D eigenvalue weighted by atomic mass is 35.5. The summed E-state index contributed by atoms with van der Waals surface area (Å²) >= 11 is 0. The van der Waals surface area contributed by atoms with Crippen molar-refractivity contribution >= 4 is 22.4 Å². The molecular weight excluding hydrogens is 334 g/mol. The predicted molar refractivity (Wildman–Crippen MR) is 83.6 cm³/mol. The number of sulfonamides is 1. The van der Waals surface area contributed by atoms with Gasteiger partial charge < -0.3 is 5.32 Å². The highest BCUT2D eigenvalue weighted by Gasteiger charge is 2.33. The average Bonchev–Trinajstić information content (AvgIpc) is 2.36. The fraction of sp³-hybridized carbons (Fsp3) is 0.571. The van der Waals surface area contributed by atoms with Gasteiger partial charge in [0.2, 0.25) is 10.0 Å². The van der Waals surface area contributed by atoms with Gasteiger partial charge in [0.05, 0.1) is 0 Å². The molecule has 1 atom stereocenters. The second-order valence-electron chi connectivity index (χ2n) is 6.00. The maximum atomic E-state index is 13.6. The average molecular weight is 355 g/mol. The van der Waals surface area contributed by atoms with Gasteiger partial charge >= 0.3 is 0 Å². The summed E-state index contributed by atoms with van der Waals surface area (Å²) in [5.41, 5.74) is -0.0749. The number of benzene rings is 1. The van der Waals surface area contributed by atoms with E-state index in [1.165, 1.54) is 0 Å². The number of halogens is 3. The summed E-state index contributed by atoms with van der Waals surface area (Å²) in [6, 6.07) is 2.92. The Balaban J connectivity index is 0.00000242. The zero-order valence-electron chi connectivity index (χ0n) is 12.5. The Kier molecular flexibility index (Phi) is 6.32. The van der Waals surface area contributed by atoms with Gasteiger partial charge in [-0.3, -0.25) is 0 Å². The van der Waals surface area contributed by atoms with Crippen LogP contribution in [0.4, 0.5) is 8.78 Å². The van der Waals surface area contributed by atoms with Crippen molar-refractivity contribution in [1.29, 1.82) is 0 Å². The van der Waals surface area contributed by atoms with E-state index in [2.05, 4.69) is 10.0 Å². The van der Waals surface area contributed by atoms with E-state index in [4.69, 9.17) is 0 Å². The van der Waals surface area contributed by atoms with Gasteiger partial charge in [-0.1, -0.05) is 19.9 Å². The molecule has 1 unspecified atom stereocenters. The molecule has 1 saturated heterocycles. The van der Waals surface area contributed by atoms with E-state index in [1.807, 2.05) is 13.8 Å². The molecule has 22 heavy (non-hydrogen) atoms. The fourth-order valence-corrected chi connectivity index (χ4v) is 3.80. The molecule has 0 bridgehead atoms. The van der Waals surface area contributed by atoms with Crippen LogP contribution in [0.1, 0.15) is 26.7 Å². The Morgan fingerprint density at radius 2 is 1.91 bits per heavy atom. The largest absolute Gasteiger partial charge is 0.312 e. The second-order valence-corrected chi connectivity index (χ2v) is 7.71. The van der Waals surface area contributed by atoms with Crippen LogP contribution >= 0.6 is 12.4 Å². The Morgan fingerprint density at radius 3 is 2.45 bits per heavy atom. The molecule has 0 aromatic heterocycles. The summed E-state index contributed by atoms with van der Waals surface area (Å²) in [5, 5.41) is 3.25. The first-order valence-electron chi connectivity index (χ1n) is 6.91. The molecule has 1 aliphatic rings. The summed E-state index contributed by atoms with van der Waals surface area (Å²) < 4.78 is 53.7. The van der Waals surface area contributed by atoms with Crippen LogP contribution in [0.25, 0.3) is 0 Å². The van der Waals surface area contributed by atoms with Crippen LogP contribution in [-0.2, 0) is 10.0 Å². The third-order valence-corrected chi connectivity index (χ3v) is 5.47. The lowest BCUT2D eigenvalue weighted by atomic mass is 9.78. The first kappa shape index (κ1) is 19.3. The van der Waals surface area contributed by atoms with Crippen molar-refractivity contribution in [2.75, 3.05) is 13.1 Å². The molecule has 0 saturated carbocycles. The molecule has 1 fully saturated rings. The highest BCUT2D eigenvalue weighted by Crippen LogP contribution is 2.30. The Labute approximate surface area is 136 Å². The van der Waals surface area contributed by atoms with Crippen LogP contribution in [0.15, 0.2) is 23.1 Å². The first-order valence-corrected chi connectivity index (χ1v) is 8.39. The lowest BCUT2D eigenvalue weighted by Crippen LogP contribution is -2.52. The quantitative estimate of drug-likeness (QED) is 0.873. The summed E-state index contributed by atoms with van der Waals surface area (Å²) in [7, 11) is -4.21. The van der Waals surface area contributed by atoms with Crippen LogP contribution in [0.5, 0.6) is 0 Å². The van der Waals surface area contributed by atoms with Crippen molar-refractivity contribution in [2.45, 2.75) is 37.6 Å². The molecule has 0 spiro atoms. The number of hydrogen-bond donors (Lipinski definition) is 2. The molecule has 0 amide bonds. The third kappa shape index (κ3) is 4.16. The van der Waals surface area contributed by atoms with E-state index in [-0.39, 0.29) is 30.4 Å². The van der Waals surface area contributed by atoms with Crippen molar-refractivity contribution in [2.24, 2.45) is 5.41 Å². The molecule has 2 N–H and O–H groups in total. The molecule has 126 valence electrons. The monoisotopic (exact) mass is 354 g/mol. The maximum absolute atomic E-state index is 13.6. The van der Waals surface area contributed by atoms with E-state index in [0.29, 0.717) is 0 Å². The molecule has 8 heteroatoms. The molecule has 0 radical (unpaired) electrons. The maximum Gasteiger partial charge on any atom is 0.246 e. The van der Waals surface area contributed by atoms with Gasteiger partial charge in [0, 0.05) is 12.6 Å². The smallest absolute Gasteiger partial charge is 0.246 e. The van der Waals surface area contributed by atoms with Crippen molar-refractivity contribution in [3.63, 3.8) is 0 Å². The van der Waals surface area contributed by atoms with E-state index in [1.54, 1.807) is 0 Å². The van der Waals surface area contributed by atoms with E-state index in [9.17, 15) is 17.2 Å². The fourth-order valence-electron chi connectivity index (χ4n) is 2.62. The van der Waals surface area contributed by atoms with E-state index in [0.717, 1.165) is 37.6 Å². The number of rotatable bonds is 4. The summed E-state index contributed by atoms with van der Waals surface area (Å²) in [5.74, 6) is -2.17. The Hall–Kier alpha value is -0.760. The van der Waals surface area contributed by atoms with Gasteiger partial charge in [-0.2, -0.15) is 0 Å². The minimum atomic E-state index is -4.21. The zero-order valence-corrected chi connectivity index (χ0v) is 14.2. The van der Waals surface area contributed by atoms with E-state index >= 15 is 0 Å². The van der Waals surface area contributed by atoms with Crippen molar-refractivity contribution in [1.82, 2.24) is 10.0 Å². The lowest BCUT2D eigenvalue weighted by Gasteiger charge is -2.39. The summed E-state index contributed by atoms with van der Waals surface area (Å²) in [6.45, 7) is 5.00. The number of hydrogen-bond acceptors (Lipinski definition) is 3. The highest BCUT2D eigenvalue weighted by molar-refractivity contribution is 7.89. The molecule has 2 rings (SSSR count). The normalized spacial score (nSPS) is 21.2. The molecule has 1 aromatic carbocycles. The molecule has 0 aliphatic carbocycles. The third-order valence-electron chi connectivity index (χ3n) is 4.00. The molecule has 1 heterocycles. The van der Waals surface area contributed by atoms with Gasteiger partial charge in [-0.15, -0.1) is 12.4 Å². The molecule has 1 aromatic rings. The van der Waals surface area contributed by atoms with Gasteiger partial charge in [0.15, 0.2) is 4.90 Å². The van der Waals surface area contributed by atoms with Crippen LogP contribution in [0, 0.1) is 17.0 Å². The first-order chi connectivity index (χ1) is 9.74. The van der Waals surface area contributed by atoms with Gasteiger partial charge in [0.25, 0.3) is 0 Å². The Morgan fingerprint density at radius 1 is 1.32 bits per heavy atom.